The van der Waals surface area contributed by atoms with Crippen LogP contribution in [0.5, 0.6) is 0 Å². The van der Waals surface area contributed by atoms with Gasteiger partial charge in [-0.25, -0.2) is 14.8 Å². The quantitative estimate of drug-likeness (QED) is 0.381. The highest BCUT2D eigenvalue weighted by atomic mass is 32.1. The van der Waals surface area contributed by atoms with Gasteiger partial charge in [0, 0.05) is 25.2 Å². The van der Waals surface area contributed by atoms with Crippen molar-refractivity contribution in [1.82, 2.24) is 9.55 Å². The first-order valence-electron chi connectivity index (χ1n) is 12.1. The Labute approximate surface area is 218 Å². The molecule has 0 aliphatic carbocycles. The Morgan fingerprint density at radius 1 is 1.11 bits per heavy atom. The maximum Gasteiger partial charge on any atom is 0.338 e. The lowest BCUT2D eigenvalue weighted by Crippen LogP contribution is -2.40. The van der Waals surface area contributed by atoms with Crippen LogP contribution in [0, 0.1) is 6.92 Å². The Hall–Kier alpha value is -4.04. The fourth-order valence-electron chi connectivity index (χ4n) is 4.54. The largest absolute Gasteiger partial charge is 0.463 e. The maximum atomic E-state index is 13.8. The summed E-state index contributed by atoms with van der Waals surface area (Å²) in [5, 5.41) is 1.05. The van der Waals surface area contributed by atoms with Gasteiger partial charge in [0.05, 0.1) is 39.7 Å². The number of hydrogen-bond donors (Lipinski definition) is 0. The molecule has 188 valence electrons. The molecule has 7 nitrogen and oxygen atoms in total. The van der Waals surface area contributed by atoms with Crippen LogP contribution in [0.1, 0.15) is 36.7 Å². The lowest BCUT2D eigenvalue weighted by Gasteiger charge is -2.25. The topological polar surface area (TPSA) is 76.8 Å². The molecule has 0 fully saturated rings. The van der Waals surface area contributed by atoms with Crippen LogP contribution in [-0.2, 0) is 9.53 Å². The molecular weight excluding hydrogens is 484 g/mol. The smallest absolute Gasteiger partial charge is 0.338 e. The number of thiazole rings is 1. The molecule has 0 spiro atoms. The number of ether oxygens (including phenoxy) is 1. The molecule has 1 aliphatic heterocycles. The molecule has 4 aromatic rings. The Morgan fingerprint density at radius 2 is 1.86 bits per heavy atom. The summed E-state index contributed by atoms with van der Waals surface area (Å²) in [5.74, 6) is -0.466. The Bertz CT molecular complexity index is 1730. The summed E-state index contributed by atoms with van der Waals surface area (Å²) < 4.78 is 7.48. The van der Waals surface area contributed by atoms with E-state index in [2.05, 4.69) is 11.1 Å². The second kappa shape index (κ2) is 9.78. The number of esters is 1. The van der Waals surface area contributed by atoms with Crippen molar-refractivity contribution in [1.29, 1.82) is 0 Å². The van der Waals surface area contributed by atoms with Gasteiger partial charge in [-0.1, -0.05) is 41.2 Å². The van der Waals surface area contributed by atoms with E-state index in [0.717, 1.165) is 22.2 Å². The number of fused-ring (bicyclic) bond motifs is 2. The number of aromatic nitrogens is 2. The first-order chi connectivity index (χ1) is 17.8. The summed E-state index contributed by atoms with van der Waals surface area (Å²) in [7, 11) is 3.93. The molecule has 0 saturated heterocycles. The van der Waals surface area contributed by atoms with Crippen molar-refractivity contribution in [3.8, 4) is 0 Å². The number of carbonyl (C=O) groups excluding carboxylic acids is 1. The first kappa shape index (κ1) is 24.6. The van der Waals surface area contributed by atoms with Gasteiger partial charge in [0.1, 0.15) is 0 Å². The van der Waals surface area contributed by atoms with Crippen molar-refractivity contribution in [3.05, 3.63) is 102 Å². The number of benzene rings is 2. The third-order valence-electron chi connectivity index (χ3n) is 6.39. The molecule has 37 heavy (non-hydrogen) atoms. The summed E-state index contributed by atoms with van der Waals surface area (Å²) in [4.78, 5) is 38.8. The summed E-state index contributed by atoms with van der Waals surface area (Å²) in [6.45, 7) is 5.84. The molecule has 0 amide bonds. The molecule has 1 aliphatic rings. The Balaban J connectivity index is 1.68. The van der Waals surface area contributed by atoms with E-state index in [1.165, 1.54) is 16.9 Å². The van der Waals surface area contributed by atoms with Crippen LogP contribution >= 0.6 is 11.3 Å². The van der Waals surface area contributed by atoms with Gasteiger partial charge in [0.25, 0.3) is 5.56 Å². The molecule has 3 heterocycles. The Kier molecular flexibility index (Phi) is 6.52. The fourth-order valence-corrected chi connectivity index (χ4v) is 5.57. The molecule has 0 saturated carbocycles. The van der Waals surface area contributed by atoms with Crippen LogP contribution < -0.4 is 19.8 Å². The summed E-state index contributed by atoms with van der Waals surface area (Å²) in [5.41, 5.74) is 5.26. The third-order valence-corrected chi connectivity index (χ3v) is 7.37. The predicted molar refractivity (Wildman–Crippen MR) is 148 cm³/mol. The summed E-state index contributed by atoms with van der Waals surface area (Å²) >= 11 is 1.30. The zero-order valence-electron chi connectivity index (χ0n) is 21.5. The van der Waals surface area contributed by atoms with Crippen molar-refractivity contribution < 1.29 is 9.53 Å². The number of rotatable bonds is 5. The minimum Gasteiger partial charge on any atom is -0.463 e. The van der Waals surface area contributed by atoms with E-state index in [1.807, 2.05) is 74.4 Å². The Morgan fingerprint density at radius 3 is 2.57 bits per heavy atom. The predicted octanol–water partition coefficient (Wildman–Crippen LogP) is 3.72. The van der Waals surface area contributed by atoms with Crippen molar-refractivity contribution >= 4 is 40.0 Å². The SMILES string of the molecule is CCOC(=O)C1=C(C)N=c2s/c(=C/c3ccc4cc(C)ccc4n3)c(=O)n2[C@@H]1c1ccc(N(C)C)cc1. The molecular formula is C29H28N4O3S. The number of hydrogen-bond acceptors (Lipinski definition) is 7. The van der Waals surface area contributed by atoms with Gasteiger partial charge in [-0.3, -0.25) is 9.36 Å². The number of carbonyl (C=O) groups is 1. The van der Waals surface area contributed by atoms with Crippen LogP contribution in [0.4, 0.5) is 5.69 Å². The molecule has 0 radical (unpaired) electrons. The molecule has 2 aromatic carbocycles. The normalized spacial score (nSPS) is 15.5. The van der Waals surface area contributed by atoms with E-state index in [9.17, 15) is 9.59 Å². The van der Waals surface area contributed by atoms with E-state index < -0.39 is 12.0 Å². The average Bonchev–Trinajstić information content (AvgIpc) is 3.17. The number of nitrogens with zero attached hydrogens (tertiary/aromatic N) is 4. The number of pyridine rings is 1. The van der Waals surface area contributed by atoms with E-state index in [4.69, 9.17) is 9.72 Å². The highest BCUT2D eigenvalue weighted by Gasteiger charge is 2.33. The second-order valence-electron chi connectivity index (χ2n) is 9.22. The zero-order valence-corrected chi connectivity index (χ0v) is 22.3. The van der Waals surface area contributed by atoms with Crippen LogP contribution in [0.15, 0.2) is 75.7 Å². The molecule has 5 rings (SSSR count). The third kappa shape index (κ3) is 4.60. The van der Waals surface area contributed by atoms with Crippen LogP contribution in [0.3, 0.4) is 0 Å². The van der Waals surface area contributed by atoms with Crippen molar-refractivity contribution in [2.75, 3.05) is 25.6 Å². The minimum atomic E-state index is -0.638. The van der Waals surface area contributed by atoms with Crippen LogP contribution in [-0.4, -0.2) is 36.2 Å². The van der Waals surface area contributed by atoms with E-state index in [0.29, 0.717) is 26.3 Å². The maximum absolute atomic E-state index is 13.8. The highest BCUT2D eigenvalue weighted by molar-refractivity contribution is 7.07. The van der Waals surface area contributed by atoms with Gasteiger partial charge < -0.3 is 9.64 Å². The lowest BCUT2D eigenvalue weighted by molar-refractivity contribution is -0.139. The van der Waals surface area contributed by atoms with Gasteiger partial charge in [0.15, 0.2) is 4.80 Å². The molecule has 0 bridgehead atoms. The lowest BCUT2D eigenvalue weighted by atomic mass is 9.95. The van der Waals surface area contributed by atoms with Crippen LogP contribution in [0.2, 0.25) is 0 Å². The van der Waals surface area contributed by atoms with Gasteiger partial charge in [0.2, 0.25) is 0 Å². The minimum absolute atomic E-state index is 0.217. The van der Waals surface area contributed by atoms with Gasteiger partial charge in [-0.05, 0) is 62.7 Å². The molecule has 0 N–H and O–H groups in total. The highest BCUT2D eigenvalue weighted by Crippen LogP contribution is 2.31. The van der Waals surface area contributed by atoms with E-state index >= 15 is 0 Å². The van der Waals surface area contributed by atoms with Gasteiger partial charge in [-0.15, -0.1) is 0 Å². The standard InChI is InChI=1S/C29H28N4O3S/c1-6-36-28(35)25-18(3)30-29-33(26(25)19-9-12-22(13-10-19)32(4)5)27(34)24(37-29)16-21-11-8-20-15-17(2)7-14-23(20)31-21/h7-16,26H,6H2,1-5H3/b24-16+/t26-/m1/s1. The van der Waals surface area contributed by atoms with Crippen molar-refractivity contribution in [2.24, 2.45) is 4.99 Å². The van der Waals surface area contributed by atoms with Crippen molar-refractivity contribution in [2.45, 2.75) is 26.8 Å². The number of allylic oxidation sites excluding steroid dienone is 1. The summed E-state index contributed by atoms with van der Waals surface area (Å²) in [6, 6.07) is 17.2. The second-order valence-corrected chi connectivity index (χ2v) is 10.2. The summed E-state index contributed by atoms with van der Waals surface area (Å²) in [6.07, 6.45) is 1.79. The first-order valence-corrected chi connectivity index (χ1v) is 12.9. The molecule has 8 heteroatoms. The van der Waals surface area contributed by atoms with Crippen molar-refractivity contribution in [3.63, 3.8) is 0 Å². The monoisotopic (exact) mass is 512 g/mol. The van der Waals surface area contributed by atoms with E-state index in [1.54, 1.807) is 24.5 Å². The fraction of sp³-hybridized carbons (Fsp3) is 0.241. The van der Waals surface area contributed by atoms with E-state index in [-0.39, 0.29) is 12.2 Å². The van der Waals surface area contributed by atoms with Crippen LogP contribution in [0.25, 0.3) is 17.0 Å². The van der Waals surface area contributed by atoms with Gasteiger partial charge in [-0.2, -0.15) is 0 Å². The number of anilines is 1. The molecule has 0 unspecified atom stereocenters. The zero-order chi connectivity index (χ0) is 26.3. The molecule has 2 aromatic heterocycles. The van der Waals surface area contributed by atoms with Gasteiger partial charge >= 0.3 is 5.97 Å². The number of aryl methyl sites for hydroxylation is 1. The molecule has 1 atom stereocenters. The average molecular weight is 513 g/mol.